The van der Waals surface area contributed by atoms with Gasteiger partial charge in [0.15, 0.2) is 0 Å². The summed E-state index contributed by atoms with van der Waals surface area (Å²) in [6.07, 6.45) is 0. The highest BCUT2D eigenvalue weighted by Crippen LogP contribution is 2.39. The van der Waals surface area contributed by atoms with E-state index in [1.54, 1.807) is 0 Å². The lowest BCUT2D eigenvalue weighted by atomic mass is 9.97. The van der Waals surface area contributed by atoms with Crippen molar-refractivity contribution in [2.45, 2.75) is 0 Å². The zero-order valence-electron chi connectivity index (χ0n) is 20.5. The van der Waals surface area contributed by atoms with E-state index >= 15 is 0 Å². The third kappa shape index (κ3) is 3.28. The molecule has 8 rings (SSSR count). The van der Waals surface area contributed by atoms with E-state index in [-0.39, 0.29) is 0 Å². The molecule has 0 unspecified atom stereocenters. The summed E-state index contributed by atoms with van der Waals surface area (Å²) in [7, 11) is 0. The van der Waals surface area contributed by atoms with Crippen LogP contribution in [0.1, 0.15) is 0 Å². The maximum Gasteiger partial charge on any atom is 0.143 e. The Hall–Kier alpha value is -5.08. The van der Waals surface area contributed by atoms with Gasteiger partial charge >= 0.3 is 0 Å². The second-order valence-corrected chi connectivity index (χ2v) is 9.75. The van der Waals surface area contributed by atoms with E-state index in [9.17, 15) is 0 Å². The molecule has 0 amide bonds. The van der Waals surface area contributed by atoms with Crippen LogP contribution in [0.4, 0.5) is 0 Å². The van der Waals surface area contributed by atoms with E-state index in [0.717, 1.165) is 55.0 Å². The van der Waals surface area contributed by atoms with Crippen molar-refractivity contribution in [2.75, 3.05) is 0 Å². The molecule has 0 spiro atoms. The van der Waals surface area contributed by atoms with Crippen LogP contribution < -0.4 is 0 Å². The minimum absolute atomic E-state index is 0.885. The number of para-hydroxylation sites is 2. The predicted octanol–water partition coefficient (Wildman–Crippen LogP) is 10.5. The highest BCUT2D eigenvalue weighted by atomic mass is 16.3. The monoisotopic (exact) mass is 486 g/mol. The number of rotatable bonds is 3. The average molecular weight is 487 g/mol. The summed E-state index contributed by atoms with van der Waals surface area (Å²) in [5.41, 5.74) is 10.6. The molecule has 2 heteroatoms. The minimum Gasteiger partial charge on any atom is -0.456 e. The first kappa shape index (κ1) is 21.0. The van der Waals surface area contributed by atoms with Crippen LogP contribution in [0, 0.1) is 0 Å². The second kappa shape index (κ2) is 8.22. The van der Waals surface area contributed by atoms with Gasteiger partial charge in [-0.3, -0.25) is 0 Å². The minimum atomic E-state index is 0.885. The number of furan rings is 2. The molecule has 0 radical (unpaired) electrons. The molecule has 0 aliphatic rings. The van der Waals surface area contributed by atoms with Gasteiger partial charge in [-0.1, -0.05) is 97.1 Å². The van der Waals surface area contributed by atoms with Gasteiger partial charge in [-0.2, -0.15) is 0 Å². The highest BCUT2D eigenvalue weighted by molar-refractivity contribution is 6.12. The Bertz CT molecular complexity index is 2130. The molecule has 8 aromatic rings. The van der Waals surface area contributed by atoms with Crippen molar-refractivity contribution in [3.8, 4) is 33.4 Å². The standard InChI is InChI=1S/C36H22O2/c1-2-8-23(9-3-1)24-10-6-11-25(20-24)26-16-18-34-31(21-26)32-22-27(17-19-35(32)37-34)28-13-7-14-30-29-12-4-5-15-33(29)38-36(28)30/h1-22H. The number of benzene rings is 6. The molecule has 0 fully saturated rings. The van der Waals surface area contributed by atoms with E-state index in [2.05, 4.69) is 115 Å². The first-order valence-electron chi connectivity index (χ1n) is 12.8. The van der Waals surface area contributed by atoms with E-state index in [0.29, 0.717) is 0 Å². The fraction of sp³-hybridized carbons (Fsp3) is 0. The smallest absolute Gasteiger partial charge is 0.143 e. The lowest BCUT2D eigenvalue weighted by Gasteiger charge is -2.06. The molecular formula is C36H22O2. The Labute approximate surface area is 219 Å². The summed E-state index contributed by atoms with van der Waals surface area (Å²) in [6, 6.07) is 46.7. The summed E-state index contributed by atoms with van der Waals surface area (Å²) >= 11 is 0. The fourth-order valence-corrected chi connectivity index (χ4v) is 5.61. The number of hydrogen-bond donors (Lipinski definition) is 0. The van der Waals surface area contributed by atoms with Crippen LogP contribution >= 0.6 is 0 Å². The van der Waals surface area contributed by atoms with E-state index in [1.807, 2.05) is 18.2 Å². The van der Waals surface area contributed by atoms with E-state index in [1.165, 1.54) is 22.3 Å². The van der Waals surface area contributed by atoms with Crippen LogP contribution in [0.25, 0.3) is 77.3 Å². The summed E-state index contributed by atoms with van der Waals surface area (Å²) < 4.78 is 12.6. The molecular weight excluding hydrogens is 464 g/mol. The molecule has 0 atom stereocenters. The van der Waals surface area contributed by atoms with Gasteiger partial charge in [-0.25, -0.2) is 0 Å². The third-order valence-electron chi connectivity index (χ3n) is 7.49. The summed E-state index contributed by atoms with van der Waals surface area (Å²) in [5, 5.41) is 4.49. The quantitative estimate of drug-likeness (QED) is 0.248. The van der Waals surface area contributed by atoms with Gasteiger partial charge in [-0.15, -0.1) is 0 Å². The van der Waals surface area contributed by atoms with Crippen molar-refractivity contribution in [3.05, 3.63) is 133 Å². The van der Waals surface area contributed by atoms with Gasteiger partial charge in [0.05, 0.1) is 0 Å². The first-order valence-corrected chi connectivity index (χ1v) is 12.8. The van der Waals surface area contributed by atoms with Gasteiger partial charge in [0.1, 0.15) is 22.3 Å². The van der Waals surface area contributed by atoms with E-state index < -0.39 is 0 Å². The largest absolute Gasteiger partial charge is 0.456 e. The number of hydrogen-bond acceptors (Lipinski definition) is 2. The maximum absolute atomic E-state index is 6.32. The topological polar surface area (TPSA) is 26.3 Å². The fourth-order valence-electron chi connectivity index (χ4n) is 5.61. The normalized spacial score (nSPS) is 11.7. The Morgan fingerprint density at radius 3 is 1.74 bits per heavy atom. The van der Waals surface area contributed by atoms with Crippen molar-refractivity contribution in [2.24, 2.45) is 0 Å². The maximum atomic E-state index is 6.32. The molecule has 0 N–H and O–H groups in total. The van der Waals surface area contributed by atoms with Crippen molar-refractivity contribution in [3.63, 3.8) is 0 Å². The van der Waals surface area contributed by atoms with Gasteiger partial charge in [-0.05, 0) is 64.2 Å². The zero-order valence-corrected chi connectivity index (χ0v) is 20.5. The summed E-state index contributed by atoms with van der Waals surface area (Å²) in [4.78, 5) is 0. The molecule has 0 aliphatic heterocycles. The van der Waals surface area contributed by atoms with Crippen LogP contribution in [0.2, 0.25) is 0 Å². The molecule has 6 aromatic carbocycles. The van der Waals surface area contributed by atoms with Crippen LogP contribution in [0.5, 0.6) is 0 Å². The molecule has 0 saturated carbocycles. The molecule has 0 bridgehead atoms. The Morgan fingerprint density at radius 2 is 0.895 bits per heavy atom. The predicted molar refractivity (Wildman–Crippen MR) is 157 cm³/mol. The van der Waals surface area contributed by atoms with Crippen molar-refractivity contribution < 1.29 is 8.83 Å². The lowest BCUT2D eigenvalue weighted by molar-refractivity contribution is 0.668. The summed E-state index contributed by atoms with van der Waals surface area (Å²) in [6.45, 7) is 0. The van der Waals surface area contributed by atoms with Crippen molar-refractivity contribution in [1.29, 1.82) is 0 Å². The Kier molecular flexibility index (Phi) is 4.55. The SMILES string of the molecule is c1ccc(-c2cccc(-c3ccc4oc5ccc(-c6cccc7c6oc6ccccc67)cc5c4c3)c2)cc1. The van der Waals surface area contributed by atoms with Crippen LogP contribution in [-0.4, -0.2) is 0 Å². The molecule has 178 valence electrons. The van der Waals surface area contributed by atoms with Gasteiger partial charge in [0.25, 0.3) is 0 Å². The van der Waals surface area contributed by atoms with Crippen LogP contribution in [-0.2, 0) is 0 Å². The molecule has 0 saturated heterocycles. The van der Waals surface area contributed by atoms with Gasteiger partial charge in [0, 0.05) is 27.1 Å². The van der Waals surface area contributed by atoms with Crippen LogP contribution in [0.15, 0.2) is 142 Å². The van der Waals surface area contributed by atoms with Crippen molar-refractivity contribution >= 4 is 43.9 Å². The molecule has 2 nitrogen and oxygen atoms in total. The van der Waals surface area contributed by atoms with Crippen LogP contribution in [0.3, 0.4) is 0 Å². The molecule has 2 aromatic heterocycles. The molecule has 38 heavy (non-hydrogen) atoms. The molecule has 2 heterocycles. The lowest BCUT2D eigenvalue weighted by Crippen LogP contribution is -1.82. The Balaban J connectivity index is 1.28. The Morgan fingerprint density at radius 1 is 0.316 bits per heavy atom. The number of fused-ring (bicyclic) bond motifs is 6. The second-order valence-electron chi connectivity index (χ2n) is 9.75. The zero-order chi connectivity index (χ0) is 25.1. The van der Waals surface area contributed by atoms with Gasteiger partial charge in [0.2, 0.25) is 0 Å². The van der Waals surface area contributed by atoms with E-state index in [4.69, 9.17) is 8.83 Å². The molecule has 0 aliphatic carbocycles. The first-order chi connectivity index (χ1) is 18.8. The van der Waals surface area contributed by atoms with Gasteiger partial charge < -0.3 is 8.83 Å². The highest BCUT2D eigenvalue weighted by Gasteiger charge is 2.15. The van der Waals surface area contributed by atoms with Crippen molar-refractivity contribution in [1.82, 2.24) is 0 Å². The summed E-state index contributed by atoms with van der Waals surface area (Å²) in [5.74, 6) is 0. The third-order valence-corrected chi connectivity index (χ3v) is 7.49. The average Bonchev–Trinajstić information content (AvgIpc) is 3.55.